The third kappa shape index (κ3) is 4.10. The quantitative estimate of drug-likeness (QED) is 0.204. The van der Waals surface area contributed by atoms with Gasteiger partial charge in [-0.1, -0.05) is 121 Å². The van der Waals surface area contributed by atoms with Gasteiger partial charge in [0.15, 0.2) is 0 Å². The van der Waals surface area contributed by atoms with E-state index in [0.717, 1.165) is 12.8 Å². The molecule has 2 heteroatoms. The Morgan fingerprint density at radius 2 is 0.805 bits per heavy atom. The molecule has 2 nitrogen and oxygen atoms in total. The number of hydrogen-bond acceptors (Lipinski definition) is 2. The van der Waals surface area contributed by atoms with Gasteiger partial charge in [0.2, 0.25) is 0 Å². The molecule has 1 aliphatic carbocycles. The lowest BCUT2D eigenvalue weighted by molar-refractivity contribution is 0.247. The van der Waals surface area contributed by atoms with Crippen LogP contribution in [0.15, 0.2) is 121 Å². The van der Waals surface area contributed by atoms with Crippen molar-refractivity contribution in [2.24, 2.45) is 0 Å². The van der Waals surface area contributed by atoms with E-state index in [1.807, 2.05) is 0 Å². The average Bonchev–Trinajstić information content (AvgIpc) is 3.32. The molecule has 0 saturated heterocycles. The Balaban J connectivity index is 1.60. The van der Waals surface area contributed by atoms with E-state index in [1.54, 1.807) is 0 Å². The van der Waals surface area contributed by atoms with Crippen LogP contribution in [0.25, 0.3) is 54.9 Å². The van der Waals surface area contributed by atoms with E-state index in [2.05, 4.69) is 121 Å². The Morgan fingerprint density at radius 3 is 1.27 bits per heavy atom. The van der Waals surface area contributed by atoms with Gasteiger partial charge in [0.25, 0.3) is 0 Å². The van der Waals surface area contributed by atoms with Crippen LogP contribution in [0.5, 0.6) is 0 Å². The molecule has 0 fully saturated rings. The predicted octanol–water partition coefficient (Wildman–Crippen LogP) is 9.14. The second-order valence-electron chi connectivity index (χ2n) is 11.2. The molecule has 202 valence electrons. The molecular weight excluding hydrogens is 500 g/mol. The Kier molecular flexibility index (Phi) is 6.66. The van der Waals surface area contributed by atoms with Gasteiger partial charge in [0, 0.05) is 18.6 Å². The highest BCUT2D eigenvalue weighted by molar-refractivity contribution is 6.08. The molecule has 7 rings (SSSR count). The smallest absolute Gasteiger partial charge is 0.0431 e. The third-order valence-electron chi connectivity index (χ3n) is 9.09. The van der Waals surface area contributed by atoms with Crippen molar-refractivity contribution in [1.82, 2.24) is 0 Å². The average molecular weight is 535 g/mol. The molecule has 0 saturated carbocycles. The summed E-state index contributed by atoms with van der Waals surface area (Å²) in [5.41, 5.74) is 9.87. The first-order valence-corrected chi connectivity index (χ1v) is 14.7. The molecule has 0 aromatic heterocycles. The molecule has 6 aromatic carbocycles. The van der Waals surface area contributed by atoms with Gasteiger partial charge in [-0.25, -0.2) is 0 Å². The number of aliphatic hydroxyl groups excluding tert-OH is 2. The van der Waals surface area contributed by atoms with Gasteiger partial charge < -0.3 is 10.2 Å². The summed E-state index contributed by atoms with van der Waals surface area (Å²) in [4.78, 5) is 0. The molecule has 1 aliphatic rings. The fourth-order valence-electron chi connectivity index (χ4n) is 7.38. The van der Waals surface area contributed by atoms with E-state index >= 15 is 0 Å². The van der Waals surface area contributed by atoms with E-state index in [0.29, 0.717) is 12.8 Å². The van der Waals surface area contributed by atoms with Crippen molar-refractivity contribution in [3.8, 4) is 33.4 Å². The van der Waals surface area contributed by atoms with Crippen LogP contribution in [0.4, 0.5) is 0 Å². The number of hydrogen-bond donors (Lipinski definition) is 2. The van der Waals surface area contributed by atoms with Crippen molar-refractivity contribution in [3.05, 3.63) is 132 Å². The summed E-state index contributed by atoms with van der Waals surface area (Å²) in [5.74, 6) is 0. The molecule has 0 atom stereocenters. The van der Waals surface area contributed by atoms with E-state index in [1.165, 1.54) is 66.1 Å². The van der Waals surface area contributed by atoms with Crippen LogP contribution in [0.1, 0.15) is 36.8 Å². The van der Waals surface area contributed by atoms with Crippen LogP contribution < -0.4 is 0 Å². The van der Waals surface area contributed by atoms with Crippen LogP contribution in [0.2, 0.25) is 0 Å². The predicted molar refractivity (Wildman–Crippen MR) is 171 cm³/mol. The van der Waals surface area contributed by atoms with E-state index in [9.17, 15) is 10.2 Å². The van der Waals surface area contributed by atoms with E-state index in [-0.39, 0.29) is 18.6 Å². The molecule has 0 bridgehead atoms. The molecule has 0 heterocycles. The first-order valence-electron chi connectivity index (χ1n) is 14.7. The highest BCUT2D eigenvalue weighted by Crippen LogP contribution is 2.59. The largest absolute Gasteiger partial charge is 0.396 e. The lowest BCUT2D eigenvalue weighted by Crippen LogP contribution is -2.26. The third-order valence-corrected chi connectivity index (χ3v) is 9.09. The van der Waals surface area contributed by atoms with Crippen molar-refractivity contribution in [2.45, 2.75) is 31.1 Å². The molecule has 0 spiro atoms. The lowest BCUT2D eigenvalue weighted by Gasteiger charge is -2.32. The second-order valence-corrected chi connectivity index (χ2v) is 11.2. The second kappa shape index (κ2) is 10.6. The summed E-state index contributed by atoms with van der Waals surface area (Å²) in [7, 11) is 0. The van der Waals surface area contributed by atoms with Gasteiger partial charge in [-0.3, -0.25) is 0 Å². The van der Waals surface area contributed by atoms with Gasteiger partial charge >= 0.3 is 0 Å². The minimum atomic E-state index is -0.280. The van der Waals surface area contributed by atoms with Crippen LogP contribution >= 0.6 is 0 Å². The summed E-state index contributed by atoms with van der Waals surface area (Å²) < 4.78 is 0. The van der Waals surface area contributed by atoms with Crippen molar-refractivity contribution < 1.29 is 10.2 Å². The van der Waals surface area contributed by atoms with Crippen LogP contribution in [0, 0.1) is 0 Å². The fraction of sp³-hybridized carbons (Fsp3) is 0.179. The summed E-state index contributed by atoms with van der Waals surface area (Å²) in [6.07, 6.45) is 3.09. The number of rotatable bonds is 8. The normalized spacial score (nSPS) is 13.4. The zero-order valence-electron chi connectivity index (χ0n) is 23.2. The van der Waals surface area contributed by atoms with E-state index < -0.39 is 0 Å². The Morgan fingerprint density at radius 1 is 0.415 bits per heavy atom. The summed E-state index contributed by atoms with van der Waals surface area (Å²) in [5, 5.41) is 25.0. The van der Waals surface area contributed by atoms with Crippen molar-refractivity contribution >= 4 is 21.5 Å². The Bertz CT molecular complexity index is 1730. The molecule has 0 radical (unpaired) electrons. The van der Waals surface area contributed by atoms with Crippen LogP contribution in [0.3, 0.4) is 0 Å². The van der Waals surface area contributed by atoms with Gasteiger partial charge in [0.05, 0.1) is 0 Å². The zero-order chi connectivity index (χ0) is 27.8. The molecule has 0 unspecified atom stereocenters. The van der Waals surface area contributed by atoms with Gasteiger partial charge in [0.1, 0.15) is 0 Å². The fourth-order valence-corrected chi connectivity index (χ4v) is 7.38. The number of benzene rings is 6. The van der Waals surface area contributed by atoms with Crippen molar-refractivity contribution in [3.63, 3.8) is 0 Å². The number of aliphatic hydroxyl groups is 2. The van der Waals surface area contributed by atoms with E-state index in [4.69, 9.17) is 0 Å². The van der Waals surface area contributed by atoms with Crippen molar-refractivity contribution in [1.29, 1.82) is 0 Å². The molecule has 0 amide bonds. The molecule has 0 aliphatic heterocycles. The Hall–Kier alpha value is -4.24. The van der Waals surface area contributed by atoms with Crippen LogP contribution in [-0.2, 0) is 5.41 Å². The minimum absolute atomic E-state index is 0.150. The maximum atomic E-state index is 10.0. The standard InChI is InChI=1S/C39H34O2/c40-25-9-23-39(24-10-26-41)35-21-7-19-33(31-17-5-13-27-11-1-3-15-29(27)31)37(35)38-34(20-8-22-36(38)39)32-18-6-14-28-12-2-4-16-30(28)32/h1-8,11-22,40-41H,9-10,23-26H2. The maximum absolute atomic E-state index is 10.0. The van der Waals surface area contributed by atoms with Gasteiger partial charge in [-0.05, 0) is 91.7 Å². The summed E-state index contributed by atoms with van der Waals surface area (Å²) in [6.45, 7) is 0.301. The SMILES string of the molecule is OCCCC1(CCCO)c2cccc(-c3cccc4ccccc34)c2-c2c(-c3cccc4ccccc34)cccc21. The number of fused-ring (bicyclic) bond motifs is 5. The topological polar surface area (TPSA) is 40.5 Å². The van der Waals surface area contributed by atoms with Crippen LogP contribution in [-0.4, -0.2) is 23.4 Å². The van der Waals surface area contributed by atoms with Gasteiger partial charge in [-0.2, -0.15) is 0 Å². The molecule has 2 N–H and O–H groups in total. The van der Waals surface area contributed by atoms with Crippen molar-refractivity contribution in [2.75, 3.05) is 13.2 Å². The van der Waals surface area contributed by atoms with Gasteiger partial charge in [-0.15, -0.1) is 0 Å². The highest BCUT2D eigenvalue weighted by Gasteiger charge is 2.44. The maximum Gasteiger partial charge on any atom is 0.0431 e. The monoisotopic (exact) mass is 534 g/mol. The summed E-state index contributed by atoms with van der Waals surface area (Å²) >= 11 is 0. The minimum Gasteiger partial charge on any atom is -0.396 e. The zero-order valence-corrected chi connectivity index (χ0v) is 23.2. The summed E-state index contributed by atoms with van der Waals surface area (Å²) in [6, 6.07) is 44.0. The molecular formula is C39H34O2. The first kappa shape index (κ1) is 25.7. The molecule has 41 heavy (non-hydrogen) atoms. The molecule has 6 aromatic rings. The lowest BCUT2D eigenvalue weighted by atomic mass is 9.71. The Labute approximate surface area is 241 Å². The first-order chi connectivity index (χ1) is 20.3. The highest BCUT2D eigenvalue weighted by atomic mass is 16.3.